The Balaban J connectivity index is 1.91. The average Bonchev–Trinajstić information content (AvgIpc) is 2.93. The number of anilines is 1. The van der Waals surface area contributed by atoms with Gasteiger partial charge in [0.15, 0.2) is 0 Å². The highest BCUT2D eigenvalue weighted by molar-refractivity contribution is 7.16. The van der Waals surface area contributed by atoms with Crippen LogP contribution in [0.2, 0.25) is 0 Å². The molecule has 1 aromatic heterocycles. The molecule has 3 rings (SSSR count). The first kappa shape index (κ1) is 20.9. The number of allylic oxidation sites excluding steroid dienone is 6. The summed E-state index contributed by atoms with van der Waals surface area (Å²) in [6.45, 7) is 16.5. The minimum absolute atomic E-state index is 0.316. The molecule has 1 atom stereocenters. The van der Waals surface area contributed by atoms with Crippen LogP contribution in [0.3, 0.4) is 0 Å². The van der Waals surface area contributed by atoms with Gasteiger partial charge in [0.25, 0.3) is 0 Å². The topological polar surface area (TPSA) is 24.1 Å². The number of rotatable bonds is 6. The summed E-state index contributed by atoms with van der Waals surface area (Å²) in [5.74, 6) is 0.316. The molecule has 1 aromatic rings. The fourth-order valence-electron chi connectivity index (χ4n) is 4.22. The summed E-state index contributed by atoms with van der Waals surface area (Å²) < 4.78 is 0. The molecule has 0 aliphatic heterocycles. The molecule has 2 nitrogen and oxygen atoms in total. The normalized spacial score (nSPS) is 24.9. The predicted molar refractivity (Wildman–Crippen MR) is 126 cm³/mol. The van der Waals surface area contributed by atoms with Crippen molar-refractivity contribution < 1.29 is 0 Å². The zero-order valence-electron chi connectivity index (χ0n) is 17.8. The summed E-state index contributed by atoms with van der Waals surface area (Å²) in [6.07, 6.45) is 15.5. The van der Waals surface area contributed by atoms with Crippen molar-refractivity contribution in [1.29, 1.82) is 0 Å². The van der Waals surface area contributed by atoms with Crippen LogP contribution in [-0.2, 0) is 12.8 Å². The van der Waals surface area contributed by atoms with E-state index in [4.69, 9.17) is 0 Å². The summed E-state index contributed by atoms with van der Waals surface area (Å²) in [4.78, 5) is 1.52. The molecular formula is C25H34N2S. The maximum atomic E-state index is 4.43. The maximum Gasteiger partial charge on any atom is 0.101 e. The Labute approximate surface area is 174 Å². The molecule has 3 heteroatoms. The Kier molecular flexibility index (Phi) is 6.47. The first-order valence-corrected chi connectivity index (χ1v) is 11.1. The van der Waals surface area contributed by atoms with Crippen LogP contribution in [-0.4, -0.2) is 13.6 Å². The molecule has 0 radical (unpaired) electrons. The molecule has 0 amide bonds. The van der Waals surface area contributed by atoms with Gasteiger partial charge in [0.2, 0.25) is 0 Å². The fraction of sp³-hybridized carbons (Fsp3) is 0.440. The van der Waals surface area contributed by atoms with Gasteiger partial charge >= 0.3 is 0 Å². The van der Waals surface area contributed by atoms with Crippen LogP contribution in [0.4, 0.5) is 5.00 Å². The number of hydrogen-bond donors (Lipinski definition) is 2. The van der Waals surface area contributed by atoms with Crippen molar-refractivity contribution in [1.82, 2.24) is 5.32 Å². The molecule has 0 saturated carbocycles. The standard InChI is InChI=1S/C25H34N2S/c1-17(2)23-21-15-25(4,5)14-13-22(21)28-24(23)27-18(3)20-12-10-8-7-9-11-19(20)16-26-6/h7-9,11-12,19,26-27H,1,3,10,13-16H2,2,4-6H3/b8-7-,11-9+,20-12-. The molecule has 0 spiro atoms. The van der Waals surface area contributed by atoms with Gasteiger partial charge in [-0.15, -0.1) is 11.3 Å². The minimum Gasteiger partial charge on any atom is -0.347 e. The maximum absolute atomic E-state index is 4.43. The van der Waals surface area contributed by atoms with Crippen LogP contribution < -0.4 is 10.6 Å². The smallest absolute Gasteiger partial charge is 0.101 e. The molecule has 2 aliphatic carbocycles. The minimum atomic E-state index is 0.316. The van der Waals surface area contributed by atoms with E-state index in [1.807, 2.05) is 18.4 Å². The summed E-state index contributed by atoms with van der Waals surface area (Å²) in [5, 5.41) is 8.22. The van der Waals surface area contributed by atoms with Gasteiger partial charge < -0.3 is 10.6 Å². The second-order valence-corrected chi connectivity index (χ2v) is 9.91. The first-order valence-electron chi connectivity index (χ1n) is 10.3. The Morgan fingerprint density at radius 1 is 1.29 bits per heavy atom. The van der Waals surface area contributed by atoms with Crippen molar-refractivity contribution in [3.8, 4) is 0 Å². The zero-order valence-corrected chi connectivity index (χ0v) is 18.6. The molecule has 0 fully saturated rings. The SMILES string of the molecule is C=C(Nc1sc2c(c1C(=C)C)CC(C)(C)CC2)/C1=C/C/C=C\C=C\C1CNC. The van der Waals surface area contributed by atoms with E-state index in [9.17, 15) is 0 Å². The largest absolute Gasteiger partial charge is 0.347 e. The van der Waals surface area contributed by atoms with Crippen LogP contribution in [0.25, 0.3) is 5.57 Å². The number of thiophene rings is 1. The second kappa shape index (κ2) is 8.67. The van der Waals surface area contributed by atoms with Crippen molar-refractivity contribution >= 4 is 21.9 Å². The van der Waals surface area contributed by atoms with Crippen LogP contribution in [0.15, 0.2) is 54.8 Å². The van der Waals surface area contributed by atoms with Crippen molar-refractivity contribution in [2.75, 3.05) is 18.9 Å². The quantitative estimate of drug-likeness (QED) is 0.575. The van der Waals surface area contributed by atoms with Crippen molar-refractivity contribution in [2.45, 2.75) is 46.5 Å². The van der Waals surface area contributed by atoms with E-state index < -0.39 is 0 Å². The number of nitrogens with one attached hydrogen (secondary N) is 2. The highest BCUT2D eigenvalue weighted by Gasteiger charge is 2.31. The lowest BCUT2D eigenvalue weighted by atomic mass is 9.75. The highest BCUT2D eigenvalue weighted by atomic mass is 32.1. The molecule has 0 aromatic carbocycles. The van der Waals surface area contributed by atoms with E-state index >= 15 is 0 Å². The first-order chi connectivity index (χ1) is 13.3. The van der Waals surface area contributed by atoms with Crippen molar-refractivity contribution in [3.05, 3.63) is 70.8 Å². The predicted octanol–water partition coefficient (Wildman–Crippen LogP) is 6.50. The summed E-state index contributed by atoms with van der Waals surface area (Å²) in [7, 11) is 2.00. The lowest BCUT2D eigenvalue weighted by molar-refractivity contribution is 0.317. The molecule has 2 N–H and O–H groups in total. The van der Waals surface area contributed by atoms with Gasteiger partial charge in [-0.1, -0.05) is 57.4 Å². The molecule has 0 bridgehead atoms. The zero-order chi connectivity index (χ0) is 20.3. The lowest BCUT2D eigenvalue weighted by Crippen LogP contribution is -2.22. The fourth-order valence-corrected chi connectivity index (χ4v) is 5.54. The lowest BCUT2D eigenvalue weighted by Gasteiger charge is -2.30. The van der Waals surface area contributed by atoms with E-state index in [0.29, 0.717) is 11.3 Å². The Morgan fingerprint density at radius 3 is 2.79 bits per heavy atom. The second-order valence-electron chi connectivity index (χ2n) is 8.81. The molecule has 1 heterocycles. The average molecular weight is 395 g/mol. The Bertz CT molecular complexity index is 848. The number of hydrogen-bond acceptors (Lipinski definition) is 3. The van der Waals surface area contributed by atoms with Crippen LogP contribution >= 0.6 is 11.3 Å². The third-order valence-corrected chi connectivity index (χ3v) is 6.91. The van der Waals surface area contributed by atoms with Crippen LogP contribution in [0.5, 0.6) is 0 Å². The molecule has 1 unspecified atom stereocenters. The van der Waals surface area contributed by atoms with Crippen molar-refractivity contribution in [2.24, 2.45) is 11.3 Å². The molecule has 0 saturated heterocycles. The van der Waals surface area contributed by atoms with Crippen LogP contribution in [0, 0.1) is 11.3 Å². The van der Waals surface area contributed by atoms with E-state index in [1.54, 1.807) is 0 Å². The summed E-state index contributed by atoms with van der Waals surface area (Å²) >= 11 is 1.90. The number of fused-ring (bicyclic) bond motifs is 1. The van der Waals surface area contributed by atoms with Gasteiger partial charge in [-0.3, -0.25) is 0 Å². The van der Waals surface area contributed by atoms with Gasteiger partial charge in [-0.25, -0.2) is 0 Å². The highest BCUT2D eigenvalue weighted by Crippen LogP contribution is 2.46. The third kappa shape index (κ3) is 4.59. The van der Waals surface area contributed by atoms with Gasteiger partial charge in [0.1, 0.15) is 5.00 Å². The van der Waals surface area contributed by atoms with Gasteiger partial charge in [-0.2, -0.15) is 0 Å². The van der Waals surface area contributed by atoms with Crippen LogP contribution in [0.1, 0.15) is 49.6 Å². The van der Waals surface area contributed by atoms with E-state index in [2.05, 4.69) is 74.9 Å². The third-order valence-electron chi connectivity index (χ3n) is 5.70. The van der Waals surface area contributed by atoms with E-state index in [1.165, 1.54) is 39.4 Å². The van der Waals surface area contributed by atoms with Crippen molar-refractivity contribution in [3.63, 3.8) is 0 Å². The molecule has 150 valence electrons. The van der Waals surface area contributed by atoms with E-state index in [0.717, 1.165) is 30.7 Å². The van der Waals surface area contributed by atoms with Gasteiger partial charge in [-0.05, 0) is 61.8 Å². The Morgan fingerprint density at radius 2 is 2.07 bits per heavy atom. The van der Waals surface area contributed by atoms with Gasteiger partial charge in [0.05, 0.1) is 0 Å². The summed E-state index contributed by atoms with van der Waals surface area (Å²) in [5.41, 5.74) is 6.61. The summed E-state index contributed by atoms with van der Waals surface area (Å²) in [6, 6.07) is 0. The molecule has 2 aliphatic rings. The monoisotopic (exact) mass is 394 g/mol. The molecule has 28 heavy (non-hydrogen) atoms. The molecular weight excluding hydrogens is 360 g/mol. The van der Waals surface area contributed by atoms with E-state index in [-0.39, 0.29) is 0 Å². The Hall–Kier alpha value is -1.84. The number of aryl methyl sites for hydroxylation is 1. The van der Waals surface area contributed by atoms with Gasteiger partial charge in [0, 0.05) is 28.6 Å².